The van der Waals surface area contributed by atoms with Crippen LogP contribution in [0.1, 0.15) is 43.3 Å². The fourth-order valence-electron chi connectivity index (χ4n) is 2.83. The van der Waals surface area contributed by atoms with E-state index >= 15 is 0 Å². The van der Waals surface area contributed by atoms with Gasteiger partial charge in [-0.25, -0.2) is 0 Å². The van der Waals surface area contributed by atoms with Crippen LogP contribution in [0.4, 0.5) is 0 Å². The number of nitrogens with one attached hydrogen (secondary N) is 2. The van der Waals surface area contributed by atoms with E-state index in [9.17, 15) is 9.59 Å². The van der Waals surface area contributed by atoms with Gasteiger partial charge in [0.05, 0.1) is 19.1 Å². The van der Waals surface area contributed by atoms with Crippen LogP contribution in [-0.4, -0.2) is 26.0 Å². The largest absolute Gasteiger partial charge is 0.493 e. The van der Waals surface area contributed by atoms with Crippen LogP contribution < -0.4 is 20.3 Å². The summed E-state index contributed by atoms with van der Waals surface area (Å²) in [4.78, 5) is 26.4. The van der Waals surface area contributed by atoms with E-state index in [-0.39, 0.29) is 5.91 Å². The van der Waals surface area contributed by atoms with Crippen molar-refractivity contribution in [2.45, 2.75) is 25.7 Å². The quantitative estimate of drug-likeness (QED) is 0.822. The second kappa shape index (κ2) is 7.57. The summed E-state index contributed by atoms with van der Waals surface area (Å²) in [6.45, 7) is 0. The summed E-state index contributed by atoms with van der Waals surface area (Å²) in [6, 6.07) is 6.73. The Morgan fingerprint density at radius 2 is 1.68 bits per heavy atom. The predicted molar refractivity (Wildman–Crippen MR) is 95.4 cm³/mol. The molecule has 2 aromatic rings. The number of benzene rings is 1. The van der Waals surface area contributed by atoms with Gasteiger partial charge in [0.25, 0.3) is 11.8 Å². The standard InChI is InChI=1S/C18H20N2O4S/c1-23-13-8-7-12(9-14(13)24-2)17(21)19-20-18(22)16-10-11-5-3-4-6-15(11)25-16/h7-10H,3-6H2,1-2H3,(H,19,21)(H,20,22). The number of hydrogen-bond donors (Lipinski definition) is 2. The number of thiophene rings is 1. The molecular formula is C18H20N2O4S. The molecule has 0 bridgehead atoms. The van der Waals surface area contributed by atoms with Gasteiger partial charge in [-0.3, -0.25) is 20.4 Å². The number of carbonyl (C=O) groups is 2. The van der Waals surface area contributed by atoms with Crippen LogP contribution >= 0.6 is 11.3 Å². The molecule has 0 aliphatic heterocycles. The number of fused-ring (bicyclic) bond motifs is 1. The Hall–Kier alpha value is -2.54. The molecule has 0 saturated heterocycles. The minimum Gasteiger partial charge on any atom is -0.493 e. The highest BCUT2D eigenvalue weighted by Gasteiger charge is 2.18. The molecule has 1 aromatic carbocycles. The van der Waals surface area contributed by atoms with Crippen molar-refractivity contribution in [3.63, 3.8) is 0 Å². The maximum atomic E-state index is 12.3. The van der Waals surface area contributed by atoms with Gasteiger partial charge >= 0.3 is 0 Å². The molecule has 0 atom stereocenters. The Labute approximate surface area is 150 Å². The number of methoxy groups -OCH3 is 2. The number of carbonyl (C=O) groups excluding carboxylic acids is 2. The lowest BCUT2D eigenvalue weighted by Crippen LogP contribution is -2.41. The van der Waals surface area contributed by atoms with Crippen LogP contribution in [0.25, 0.3) is 0 Å². The third-order valence-electron chi connectivity index (χ3n) is 4.16. The van der Waals surface area contributed by atoms with Gasteiger partial charge in [0, 0.05) is 10.4 Å². The van der Waals surface area contributed by atoms with Crippen LogP contribution in [0.5, 0.6) is 11.5 Å². The minimum atomic E-state index is -0.421. The van der Waals surface area contributed by atoms with Crippen molar-refractivity contribution in [2.24, 2.45) is 0 Å². The summed E-state index contributed by atoms with van der Waals surface area (Å²) in [6.07, 6.45) is 4.40. The molecule has 1 heterocycles. The summed E-state index contributed by atoms with van der Waals surface area (Å²) in [7, 11) is 3.03. The Morgan fingerprint density at radius 3 is 2.40 bits per heavy atom. The zero-order chi connectivity index (χ0) is 17.8. The molecule has 0 unspecified atom stereocenters. The molecule has 0 saturated carbocycles. The van der Waals surface area contributed by atoms with Crippen molar-refractivity contribution in [3.05, 3.63) is 45.1 Å². The Balaban J connectivity index is 1.63. The predicted octanol–water partition coefficient (Wildman–Crippen LogP) is 2.72. The molecular weight excluding hydrogens is 340 g/mol. The van der Waals surface area contributed by atoms with Crippen LogP contribution in [-0.2, 0) is 12.8 Å². The number of amides is 2. The van der Waals surface area contributed by atoms with Gasteiger partial charge in [-0.1, -0.05) is 0 Å². The first kappa shape index (κ1) is 17.3. The third kappa shape index (κ3) is 3.76. The molecule has 2 amide bonds. The topological polar surface area (TPSA) is 76.7 Å². The molecule has 1 aromatic heterocycles. The van der Waals surface area contributed by atoms with Crippen molar-refractivity contribution < 1.29 is 19.1 Å². The maximum Gasteiger partial charge on any atom is 0.279 e. The fraction of sp³-hybridized carbons (Fsp3) is 0.333. The van der Waals surface area contributed by atoms with Crippen LogP contribution in [0, 0.1) is 0 Å². The van der Waals surface area contributed by atoms with Gasteiger partial charge in [0.2, 0.25) is 0 Å². The summed E-state index contributed by atoms with van der Waals surface area (Å²) in [5, 5.41) is 0. The van der Waals surface area contributed by atoms with E-state index in [1.165, 1.54) is 48.8 Å². The van der Waals surface area contributed by atoms with Crippen molar-refractivity contribution >= 4 is 23.2 Å². The van der Waals surface area contributed by atoms with Gasteiger partial charge in [0.1, 0.15) is 0 Å². The molecule has 1 aliphatic carbocycles. The summed E-state index contributed by atoms with van der Waals surface area (Å²) in [5.41, 5.74) is 6.53. The van der Waals surface area contributed by atoms with E-state index in [2.05, 4.69) is 10.9 Å². The molecule has 0 fully saturated rings. The average molecular weight is 360 g/mol. The van der Waals surface area contributed by atoms with Crippen molar-refractivity contribution in [1.82, 2.24) is 10.9 Å². The van der Waals surface area contributed by atoms with E-state index in [0.717, 1.165) is 12.8 Å². The van der Waals surface area contributed by atoms with E-state index in [4.69, 9.17) is 9.47 Å². The lowest BCUT2D eigenvalue weighted by Gasteiger charge is -2.10. The minimum absolute atomic E-state index is 0.298. The highest BCUT2D eigenvalue weighted by Crippen LogP contribution is 2.29. The Morgan fingerprint density at radius 1 is 0.960 bits per heavy atom. The molecule has 25 heavy (non-hydrogen) atoms. The Bertz CT molecular complexity index is 777. The highest BCUT2D eigenvalue weighted by atomic mass is 32.1. The number of rotatable bonds is 4. The van der Waals surface area contributed by atoms with Crippen LogP contribution in [0.15, 0.2) is 24.3 Å². The average Bonchev–Trinajstić information content (AvgIpc) is 3.09. The normalized spacial score (nSPS) is 12.9. The zero-order valence-electron chi connectivity index (χ0n) is 14.2. The zero-order valence-corrected chi connectivity index (χ0v) is 15.0. The van der Waals surface area contributed by atoms with Gasteiger partial charge in [-0.05, 0) is 55.5 Å². The SMILES string of the molecule is COc1ccc(C(=O)NNC(=O)c2cc3c(s2)CCCC3)cc1OC. The van der Waals surface area contributed by atoms with Crippen molar-refractivity contribution in [2.75, 3.05) is 14.2 Å². The number of ether oxygens (including phenoxy) is 2. The maximum absolute atomic E-state index is 12.3. The highest BCUT2D eigenvalue weighted by molar-refractivity contribution is 7.14. The molecule has 2 N–H and O–H groups in total. The van der Waals surface area contributed by atoms with E-state index < -0.39 is 5.91 Å². The summed E-state index contributed by atoms with van der Waals surface area (Å²) < 4.78 is 10.3. The second-order valence-electron chi connectivity index (χ2n) is 5.74. The van der Waals surface area contributed by atoms with Gasteiger partial charge in [-0.2, -0.15) is 0 Å². The molecule has 6 nitrogen and oxygen atoms in total. The van der Waals surface area contributed by atoms with E-state index in [1.54, 1.807) is 18.2 Å². The second-order valence-corrected chi connectivity index (χ2v) is 6.88. The van der Waals surface area contributed by atoms with Crippen molar-refractivity contribution in [3.8, 4) is 11.5 Å². The van der Waals surface area contributed by atoms with Gasteiger partial charge in [0.15, 0.2) is 11.5 Å². The van der Waals surface area contributed by atoms with Gasteiger partial charge < -0.3 is 9.47 Å². The van der Waals surface area contributed by atoms with Crippen LogP contribution in [0.3, 0.4) is 0 Å². The molecule has 3 rings (SSSR count). The Kier molecular flexibility index (Phi) is 5.23. The van der Waals surface area contributed by atoms with Crippen LogP contribution in [0.2, 0.25) is 0 Å². The summed E-state index contributed by atoms with van der Waals surface area (Å²) in [5.74, 6) is 0.267. The van der Waals surface area contributed by atoms with E-state index in [0.29, 0.717) is 21.9 Å². The molecule has 7 heteroatoms. The lowest BCUT2D eigenvalue weighted by molar-refractivity contribution is 0.0848. The first-order valence-electron chi connectivity index (χ1n) is 8.06. The third-order valence-corrected chi connectivity index (χ3v) is 5.39. The monoisotopic (exact) mass is 360 g/mol. The van der Waals surface area contributed by atoms with E-state index in [1.807, 2.05) is 6.07 Å². The molecule has 1 aliphatic rings. The van der Waals surface area contributed by atoms with Crippen molar-refractivity contribution in [1.29, 1.82) is 0 Å². The molecule has 132 valence electrons. The smallest absolute Gasteiger partial charge is 0.279 e. The lowest BCUT2D eigenvalue weighted by atomic mass is 9.99. The number of aryl methyl sites for hydroxylation is 2. The number of hydrazine groups is 1. The first-order valence-corrected chi connectivity index (χ1v) is 8.88. The molecule has 0 spiro atoms. The van der Waals surface area contributed by atoms with Gasteiger partial charge in [-0.15, -0.1) is 11.3 Å². The fourth-order valence-corrected chi connectivity index (χ4v) is 3.98. The molecule has 0 radical (unpaired) electrons. The first-order chi connectivity index (χ1) is 12.1. The summed E-state index contributed by atoms with van der Waals surface area (Å²) >= 11 is 1.50. The number of hydrogen-bond acceptors (Lipinski definition) is 5.